The van der Waals surface area contributed by atoms with Gasteiger partial charge in [0.2, 0.25) is 11.8 Å². The van der Waals surface area contributed by atoms with E-state index >= 15 is 0 Å². The lowest BCUT2D eigenvalue weighted by Crippen LogP contribution is -2.35. The number of nitrogens with two attached hydrogens (primary N) is 1. The third-order valence-corrected chi connectivity index (χ3v) is 5.93. The van der Waals surface area contributed by atoms with E-state index in [0.29, 0.717) is 5.88 Å². The summed E-state index contributed by atoms with van der Waals surface area (Å²) in [5.41, 5.74) is 11.3. The van der Waals surface area contributed by atoms with Crippen molar-refractivity contribution in [2.45, 2.75) is 24.7 Å². The number of aromatic amines is 1. The molecule has 0 aliphatic heterocycles. The van der Waals surface area contributed by atoms with E-state index in [4.69, 9.17) is 10.5 Å². The van der Waals surface area contributed by atoms with Crippen LogP contribution in [0, 0.1) is 0 Å². The Morgan fingerprint density at radius 2 is 1.75 bits per heavy atom. The molecule has 1 aromatic carbocycles. The summed E-state index contributed by atoms with van der Waals surface area (Å²) in [7, 11) is 1.65. The summed E-state index contributed by atoms with van der Waals surface area (Å²) >= 11 is 0. The van der Waals surface area contributed by atoms with Gasteiger partial charge >= 0.3 is 0 Å². The SMILES string of the molecule is COc1nccc2c(C3(c4ccc(-c5cnc(N)nc5)cc4)CCC3)c[nH]c12. The van der Waals surface area contributed by atoms with Crippen molar-refractivity contribution in [3.05, 3.63) is 66.2 Å². The van der Waals surface area contributed by atoms with Gasteiger partial charge in [-0.3, -0.25) is 0 Å². The highest BCUT2D eigenvalue weighted by molar-refractivity contribution is 5.88. The molecule has 3 N–H and O–H groups in total. The largest absolute Gasteiger partial charge is 0.479 e. The minimum Gasteiger partial charge on any atom is -0.479 e. The number of aromatic nitrogens is 4. The van der Waals surface area contributed by atoms with Gasteiger partial charge in [0, 0.05) is 41.2 Å². The molecular formula is C22H21N5O. The minimum atomic E-state index is 0.0285. The van der Waals surface area contributed by atoms with E-state index in [1.807, 2.05) is 6.20 Å². The number of pyridine rings is 1. The van der Waals surface area contributed by atoms with Gasteiger partial charge in [-0.1, -0.05) is 30.7 Å². The molecule has 0 unspecified atom stereocenters. The highest BCUT2D eigenvalue weighted by atomic mass is 16.5. The van der Waals surface area contributed by atoms with Crippen LogP contribution in [0.25, 0.3) is 22.0 Å². The van der Waals surface area contributed by atoms with Gasteiger partial charge in [0.05, 0.1) is 7.11 Å². The lowest BCUT2D eigenvalue weighted by Gasteiger charge is -2.42. The van der Waals surface area contributed by atoms with Gasteiger partial charge < -0.3 is 15.5 Å². The molecule has 0 spiro atoms. The first kappa shape index (κ1) is 16.7. The van der Waals surface area contributed by atoms with Crippen molar-refractivity contribution in [2.75, 3.05) is 12.8 Å². The molecule has 1 aliphatic carbocycles. The van der Waals surface area contributed by atoms with Crippen LogP contribution in [0.15, 0.2) is 55.1 Å². The maximum Gasteiger partial charge on any atom is 0.238 e. The van der Waals surface area contributed by atoms with E-state index in [2.05, 4.69) is 56.5 Å². The van der Waals surface area contributed by atoms with Crippen LogP contribution in [-0.2, 0) is 5.41 Å². The van der Waals surface area contributed by atoms with Crippen LogP contribution in [0.2, 0.25) is 0 Å². The summed E-state index contributed by atoms with van der Waals surface area (Å²) < 4.78 is 5.42. The van der Waals surface area contributed by atoms with Gasteiger partial charge in [-0.05, 0) is 35.6 Å². The number of nitrogens with one attached hydrogen (secondary N) is 1. The van der Waals surface area contributed by atoms with E-state index in [-0.39, 0.29) is 11.4 Å². The van der Waals surface area contributed by atoms with Crippen molar-refractivity contribution in [1.82, 2.24) is 19.9 Å². The van der Waals surface area contributed by atoms with E-state index < -0.39 is 0 Å². The molecule has 4 aromatic rings. The number of rotatable bonds is 4. The third-order valence-electron chi connectivity index (χ3n) is 5.93. The van der Waals surface area contributed by atoms with Crippen LogP contribution in [0.1, 0.15) is 30.4 Å². The Morgan fingerprint density at radius 1 is 1.00 bits per heavy atom. The second-order valence-corrected chi connectivity index (χ2v) is 7.29. The number of hydrogen-bond donors (Lipinski definition) is 2. The second kappa shape index (κ2) is 6.34. The van der Waals surface area contributed by atoms with Gasteiger partial charge in [-0.15, -0.1) is 0 Å². The Labute approximate surface area is 162 Å². The first-order chi connectivity index (χ1) is 13.7. The number of fused-ring (bicyclic) bond motifs is 1. The van der Waals surface area contributed by atoms with Crippen molar-refractivity contribution in [3.63, 3.8) is 0 Å². The average Bonchev–Trinajstić information content (AvgIpc) is 3.13. The maximum absolute atomic E-state index is 5.59. The standard InChI is InChI=1S/C22H21N5O/c1-28-20-19-17(7-10-24-20)18(13-25-19)22(8-2-9-22)16-5-3-14(4-6-16)15-11-26-21(23)27-12-15/h3-7,10-13,25H,2,8-9H2,1H3,(H2,23,26,27). The number of anilines is 1. The molecule has 1 saturated carbocycles. The molecule has 1 fully saturated rings. The molecular weight excluding hydrogens is 350 g/mol. The molecule has 3 heterocycles. The molecule has 0 saturated heterocycles. The van der Waals surface area contributed by atoms with E-state index in [1.165, 1.54) is 22.9 Å². The third kappa shape index (κ3) is 2.45. The molecule has 0 bridgehead atoms. The summed E-state index contributed by atoms with van der Waals surface area (Å²) in [5.74, 6) is 0.926. The smallest absolute Gasteiger partial charge is 0.238 e. The molecule has 3 aromatic heterocycles. The zero-order valence-corrected chi connectivity index (χ0v) is 15.6. The van der Waals surface area contributed by atoms with E-state index in [0.717, 1.165) is 29.5 Å². The molecule has 6 nitrogen and oxygen atoms in total. The predicted octanol–water partition coefficient (Wildman–Crippen LogP) is 4.08. The van der Waals surface area contributed by atoms with Gasteiger partial charge in [-0.25, -0.2) is 15.0 Å². The molecule has 5 rings (SSSR count). The van der Waals surface area contributed by atoms with E-state index in [1.54, 1.807) is 19.5 Å². The van der Waals surface area contributed by atoms with Gasteiger partial charge in [0.15, 0.2) is 0 Å². The Morgan fingerprint density at radius 3 is 2.39 bits per heavy atom. The number of nitrogen functional groups attached to an aromatic ring is 1. The summed E-state index contributed by atoms with van der Waals surface area (Å²) in [6.07, 6.45) is 10.9. The van der Waals surface area contributed by atoms with Crippen molar-refractivity contribution in [3.8, 4) is 17.0 Å². The van der Waals surface area contributed by atoms with Crippen molar-refractivity contribution in [2.24, 2.45) is 0 Å². The fourth-order valence-corrected chi connectivity index (χ4v) is 4.29. The van der Waals surface area contributed by atoms with Crippen LogP contribution in [0.5, 0.6) is 5.88 Å². The van der Waals surface area contributed by atoms with Crippen molar-refractivity contribution >= 4 is 16.9 Å². The first-order valence-electron chi connectivity index (χ1n) is 9.40. The van der Waals surface area contributed by atoms with Crippen LogP contribution in [-0.4, -0.2) is 27.0 Å². The minimum absolute atomic E-state index is 0.0285. The number of hydrogen-bond acceptors (Lipinski definition) is 5. The molecule has 0 atom stereocenters. The maximum atomic E-state index is 5.59. The van der Waals surface area contributed by atoms with Crippen molar-refractivity contribution in [1.29, 1.82) is 0 Å². The molecule has 0 amide bonds. The Balaban J connectivity index is 1.56. The van der Waals surface area contributed by atoms with Gasteiger partial charge in [0.25, 0.3) is 0 Å². The van der Waals surface area contributed by atoms with Crippen molar-refractivity contribution < 1.29 is 4.74 Å². The predicted molar refractivity (Wildman–Crippen MR) is 109 cm³/mol. The normalized spacial score (nSPS) is 15.3. The fourth-order valence-electron chi connectivity index (χ4n) is 4.29. The Kier molecular flexibility index (Phi) is 3.79. The molecule has 1 aliphatic rings. The van der Waals surface area contributed by atoms with E-state index in [9.17, 15) is 0 Å². The second-order valence-electron chi connectivity index (χ2n) is 7.29. The first-order valence-corrected chi connectivity index (χ1v) is 9.40. The monoisotopic (exact) mass is 371 g/mol. The summed E-state index contributed by atoms with van der Waals surface area (Å²) in [4.78, 5) is 15.9. The summed E-state index contributed by atoms with van der Waals surface area (Å²) in [6.45, 7) is 0. The number of ether oxygens (including phenoxy) is 1. The number of nitrogens with zero attached hydrogens (tertiary/aromatic N) is 3. The highest BCUT2D eigenvalue weighted by Crippen LogP contribution is 2.51. The lowest BCUT2D eigenvalue weighted by atomic mass is 9.60. The summed E-state index contributed by atoms with van der Waals surface area (Å²) in [6, 6.07) is 10.8. The van der Waals surface area contributed by atoms with Crippen LogP contribution >= 0.6 is 0 Å². The molecule has 0 radical (unpaired) electrons. The highest BCUT2D eigenvalue weighted by Gasteiger charge is 2.42. The number of benzene rings is 1. The van der Waals surface area contributed by atoms with Gasteiger partial charge in [-0.2, -0.15) is 0 Å². The Bertz CT molecular complexity index is 1130. The number of H-pyrrole nitrogens is 1. The lowest BCUT2D eigenvalue weighted by molar-refractivity contribution is 0.304. The fraction of sp³-hybridized carbons (Fsp3) is 0.227. The zero-order valence-electron chi connectivity index (χ0n) is 15.6. The average molecular weight is 371 g/mol. The topological polar surface area (TPSA) is 89.7 Å². The number of methoxy groups -OCH3 is 1. The Hall–Kier alpha value is -3.41. The van der Waals surface area contributed by atoms with Crippen LogP contribution in [0.3, 0.4) is 0 Å². The molecule has 140 valence electrons. The zero-order chi connectivity index (χ0) is 19.1. The van der Waals surface area contributed by atoms with Gasteiger partial charge in [0.1, 0.15) is 5.52 Å². The summed E-state index contributed by atoms with van der Waals surface area (Å²) in [5, 5.41) is 1.18. The molecule has 6 heteroatoms. The van der Waals surface area contributed by atoms with Crippen LogP contribution in [0.4, 0.5) is 5.95 Å². The molecule has 28 heavy (non-hydrogen) atoms. The van der Waals surface area contributed by atoms with Crippen LogP contribution < -0.4 is 10.5 Å². The quantitative estimate of drug-likeness (QED) is 0.564.